The molecule has 1 fully saturated rings. The summed E-state index contributed by atoms with van der Waals surface area (Å²) >= 11 is 3.46. The minimum absolute atomic E-state index is 0.228. The minimum Gasteiger partial charge on any atom is -0.496 e. The quantitative estimate of drug-likeness (QED) is 0.789. The summed E-state index contributed by atoms with van der Waals surface area (Å²) in [4.78, 5) is 12.5. The Hall–Kier alpha value is -0.830. The molecule has 20 heavy (non-hydrogen) atoms. The van der Waals surface area contributed by atoms with Crippen LogP contribution in [0.4, 0.5) is 0 Å². The second-order valence-electron chi connectivity index (χ2n) is 6.54. The predicted octanol–water partition coefficient (Wildman–Crippen LogP) is 4.79. The first kappa shape index (κ1) is 15.6. The highest BCUT2D eigenvalue weighted by Crippen LogP contribution is 2.39. The molecule has 0 radical (unpaired) electrons. The molecule has 0 spiro atoms. The number of halogens is 1. The molecule has 1 aromatic carbocycles. The third-order valence-corrected chi connectivity index (χ3v) is 4.89. The molecular formula is C17H23BrO2. The zero-order chi connectivity index (χ0) is 14.8. The molecule has 2 nitrogen and oxygen atoms in total. The van der Waals surface area contributed by atoms with Gasteiger partial charge in [0.1, 0.15) is 11.5 Å². The molecule has 0 aromatic heterocycles. The van der Waals surface area contributed by atoms with Gasteiger partial charge in [0.2, 0.25) is 0 Å². The average Bonchev–Trinajstić information content (AvgIpc) is 2.38. The maximum Gasteiger partial charge on any atom is 0.140 e. The van der Waals surface area contributed by atoms with Crippen molar-refractivity contribution >= 4 is 21.7 Å². The van der Waals surface area contributed by atoms with Crippen molar-refractivity contribution < 1.29 is 9.53 Å². The van der Waals surface area contributed by atoms with Crippen LogP contribution in [0.3, 0.4) is 0 Å². The Morgan fingerprint density at radius 3 is 2.60 bits per heavy atom. The summed E-state index contributed by atoms with van der Waals surface area (Å²) in [6.45, 7) is 4.59. The number of benzene rings is 1. The molecule has 0 atom stereocenters. The van der Waals surface area contributed by atoms with Gasteiger partial charge in [-0.15, -0.1) is 0 Å². The largest absolute Gasteiger partial charge is 0.496 e. The lowest BCUT2D eigenvalue weighted by Gasteiger charge is -2.33. The Bertz CT molecular complexity index is 484. The Morgan fingerprint density at radius 2 is 2.00 bits per heavy atom. The number of ketones is 1. The topological polar surface area (TPSA) is 26.3 Å². The van der Waals surface area contributed by atoms with E-state index in [9.17, 15) is 4.79 Å². The summed E-state index contributed by atoms with van der Waals surface area (Å²) in [5.41, 5.74) is 1.39. The molecule has 0 aliphatic heterocycles. The fraction of sp³-hybridized carbons (Fsp3) is 0.588. The van der Waals surface area contributed by atoms with Crippen molar-refractivity contribution in [3.05, 3.63) is 28.2 Å². The molecule has 0 N–H and O–H groups in total. The number of carbonyl (C=O) groups is 1. The monoisotopic (exact) mass is 338 g/mol. The highest BCUT2D eigenvalue weighted by Gasteiger charge is 2.30. The zero-order valence-electron chi connectivity index (χ0n) is 12.5. The van der Waals surface area contributed by atoms with Crippen LogP contribution in [0.2, 0.25) is 0 Å². The molecule has 0 unspecified atom stereocenters. The van der Waals surface area contributed by atoms with Gasteiger partial charge >= 0.3 is 0 Å². The second kappa shape index (κ2) is 6.30. The Morgan fingerprint density at radius 1 is 1.35 bits per heavy atom. The van der Waals surface area contributed by atoms with Crippen molar-refractivity contribution in [2.24, 2.45) is 11.3 Å². The highest BCUT2D eigenvalue weighted by atomic mass is 79.9. The summed E-state index contributed by atoms with van der Waals surface area (Å²) in [5.74, 6) is 1.39. The maximum atomic E-state index is 12.5. The molecule has 0 heterocycles. The van der Waals surface area contributed by atoms with Crippen LogP contribution < -0.4 is 4.74 Å². The van der Waals surface area contributed by atoms with Gasteiger partial charge in [0, 0.05) is 22.4 Å². The van der Waals surface area contributed by atoms with Gasteiger partial charge in [-0.05, 0) is 49.3 Å². The van der Waals surface area contributed by atoms with E-state index in [0.717, 1.165) is 41.5 Å². The molecule has 0 bridgehead atoms. The Labute approximate surface area is 130 Å². The molecular weight excluding hydrogens is 316 g/mol. The van der Waals surface area contributed by atoms with E-state index in [1.165, 1.54) is 0 Å². The van der Waals surface area contributed by atoms with E-state index in [1.54, 1.807) is 7.11 Å². The van der Waals surface area contributed by atoms with Gasteiger partial charge in [-0.3, -0.25) is 4.79 Å². The van der Waals surface area contributed by atoms with Crippen LogP contribution in [0.15, 0.2) is 22.7 Å². The number of rotatable bonds is 4. The van der Waals surface area contributed by atoms with Crippen molar-refractivity contribution in [3.63, 3.8) is 0 Å². The predicted molar refractivity (Wildman–Crippen MR) is 85.1 cm³/mol. The molecule has 3 heteroatoms. The summed E-state index contributed by atoms with van der Waals surface area (Å²) in [6, 6.07) is 5.84. The van der Waals surface area contributed by atoms with Crippen LogP contribution >= 0.6 is 15.9 Å². The highest BCUT2D eigenvalue weighted by molar-refractivity contribution is 9.10. The first-order valence-corrected chi connectivity index (χ1v) is 8.06. The fourth-order valence-electron chi connectivity index (χ4n) is 2.94. The number of methoxy groups -OCH3 is 1. The van der Waals surface area contributed by atoms with E-state index in [-0.39, 0.29) is 5.92 Å². The lowest BCUT2D eigenvalue weighted by Crippen LogP contribution is -2.27. The molecule has 110 valence electrons. The number of hydrogen-bond donors (Lipinski definition) is 0. The SMILES string of the molecule is COc1ccc(Br)cc1CC(=O)C1CCC(C)(C)CC1. The van der Waals surface area contributed by atoms with Crippen molar-refractivity contribution in [1.82, 2.24) is 0 Å². The van der Waals surface area contributed by atoms with Crippen LogP contribution in [0.25, 0.3) is 0 Å². The van der Waals surface area contributed by atoms with Crippen molar-refractivity contribution in [2.75, 3.05) is 7.11 Å². The first-order chi connectivity index (χ1) is 9.41. The fourth-order valence-corrected chi connectivity index (χ4v) is 3.35. The van der Waals surface area contributed by atoms with Crippen LogP contribution in [0.5, 0.6) is 5.75 Å². The van der Waals surface area contributed by atoms with E-state index < -0.39 is 0 Å². The third-order valence-electron chi connectivity index (χ3n) is 4.40. The molecule has 1 aliphatic carbocycles. The van der Waals surface area contributed by atoms with Crippen LogP contribution in [0.1, 0.15) is 45.1 Å². The van der Waals surface area contributed by atoms with Gasteiger partial charge in [-0.25, -0.2) is 0 Å². The lowest BCUT2D eigenvalue weighted by molar-refractivity contribution is -0.123. The molecule has 2 rings (SSSR count). The standard InChI is InChI=1S/C17H23BrO2/c1-17(2)8-6-12(7-9-17)15(19)11-13-10-14(18)4-5-16(13)20-3/h4-5,10,12H,6-9,11H2,1-3H3. The summed E-state index contributed by atoms with van der Waals surface area (Å²) in [6.07, 6.45) is 4.84. The molecule has 1 aliphatic rings. The Kier molecular flexibility index (Phi) is 4.90. The van der Waals surface area contributed by atoms with E-state index in [4.69, 9.17) is 4.74 Å². The Balaban J connectivity index is 2.03. The van der Waals surface area contributed by atoms with Crippen LogP contribution in [-0.4, -0.2) is 12.9 Å². The van der Waals surface area contributed by atoms with Gasteiger partial charge in [0.15, 0.2) is 0 Å². The average molecular weight is 339 g/mol. The number of ether oxygens (including phenoxy) is 1. The molecule has 0 saturated heterocycles. The summed E-state index contributed by atoms with van der Waals surface area (Å²) in [7, 11) is 1.65. The van der Waals surface area contributed by atoms with Gasteiger partial charge in [-0.1, -0.05) is 29.8 Å². The number of hydrogen-bond acceptors (Lipinski definition) is 2. The van der Waals surface area contributed by atoms with Crippen molar-refractivity contribution in [2.45, 2.75) is 46.0 Å². The van der Waals surface area contributed by atoms with E-state index in [1.807, 2.05) is 18.2 Å². The van der Waals surface area contributed by atoms with E-state index in [2.05, 4.69) is 29.8 Å². The first-order valence-electron chi connectivity index (χ1n) is 7.26. The number of Topliss-reactive ketones (excluding diaryl/α,β-unsaturated/α-hetero) is 1. The lowest BCUT2D eigenvalue weighted by atomic mass is 9.71. The minimum atomic E-state index is 0.228. The summed E-state index contributed by atoms with van der Waals surface area (Å²) < 4.78 is 6.34. The summed E-state index contributed by atoms with van der Waals surface area (Å²) in [5, 5.41) is 0. The van der Waals surface area contributed by atoms with Crippen molar-refractivity contribution in [3.8, 4) is 5.75 Å². The van der Waals surface area contributed by atoms with Gasteiger partial charge in [0.05, 0.1) is 7.11 Å². The maximum absolute atomic E-state index is 12.5. The van der Waals surface area contributed by atoms with E-state index in [0.29, 0.717) is 17.6 Å². The van der Waals surface area contributed by atoms with Gasteiger partial charge < -0.3 is 4.74 Å². The smallest absolute Gasteiger partial charge is 0.140 e. The molecule has 1 saturated carbocycles. The second-order valence-corrected chi connectivity index (χ2v) is 7.45. The normalized spacial score (nSPS) is 18.8. The van der Waals surface area contributed by atoms with Crippen LogP contribution in [0, 0.1) is 11.3 Å². The van der Waals surface area contributed by atoms with Crippen molar-refractivity contribution in [1.29, 1.82) is 0 Å². The molecule has 0 amide bonds. The zero-order valence-corrected chi connectivity index (χ0v) is 14.1. The van der Waals surface area contributed by atoms with Crippen LogP contribution in [-0.2, 0) is 11.2 Å². The van der Waals surface area contributed by atoms with Gasteiger partial charge in [-0.2, -0.15) is 0 Å². The van der Waals surface area contributed by atoms with Gasteiger partial charge in [0.25, 0.3) is 0 Å². The number of carbonyl (C=O) groups excluding carboxylic acids is 1. The van der Waals surface area contributed by atoms with E-state index >= 15 is 0 Å². The third kappa shape index (κ3) is 3.85. The molecule has 1 aromatic rings.